The number of carbonyl (C=O) groups excluding carboxylic acids is 1. The van der Waals surface area contributed by atoms with Crippen LogP contribution in [0.5, 0.6) is 0 Å². The average molecular weight is 574 g/mol. The van der Waals surface area contributed by atoms with Gasteiger partial charge in [-0.05, 0) is 36.6 Å². The Kier molecular flexibility index (Phi) is 10.4. The number of halogens is 6. The van der Waals surface area contributed by atoms with Crippen molar-refractivity contribution >= 4 is 47.9 Å². The van der Waals surface area contributed by atoms with Gasteiger partial charge in [0.05, 0.1) is 34.3 Å². The van der Waals surface area contributed by atoms with Crippen LogP contribution in [0.4, 0.5) is 34.8 Å². The van der Waals surface area contributed by atoms with E-state index in [1.807, 2.05) is 19.0 Å². The van der Waals surface area contributed by atoms with Gasteiger partial charge < -0.3 is 20.9 Å². The zero-order chi connectivity index (χ0) is 26.1. The quantitative estimate of drug-likeness (QED) is 0.386. The van der Waals surface area contributed by atoms with Gasteiger partial charge in [0, 0.05) is 39.3 Å². The molecule has 0 aliphatic carbocycles. The zero-order valence-electron chi connectivity index (χ0n) is 21.0. The molecule has 3 aromatic rings. The maximum Gasteiger partial charge on any atom is 0.258 e. The summed E-state index contributed by atoms with van der Waals surface area (Å²) in [7, 11) is 3.65. The molecule has 0 spiro atoms. The summed E-state index contributed by atoms with van der Waals surface area (Å²) in [5.74, 6) is -4.83. The summed E-state index contributed by atoms with van der Waals surface area (Å²) >= 11 is 0. The number of anilines is 3. The highest BCUT2D eigenvalue weighted by molar-refractivity contribution is 6.07. The molecule has 0 bridgehead atoms. The molecule has 1 aliphatic rings. The number of benzene rings is 2. The number of nitrogens with two attached hydrogens (primary N) is 1. The van der Waals surface area contributed by atoms with Crippen LogP contribution in [0.2, 0.25) is 0 Å². The van der Waals surface area contributed by atoms with Crippen molar-refractivity contribution in [1.29, 1.82) is 0 Å². The van der Waals surface area contributed by atoms with E-state index in [1.54, 1.807) is 11.0 Å². The largest absolute Gasteiger partial charge is 0.368 e. The summed E-state index contributed by atoms with van der Waals surface area (Å²) in [6.07, 6.45) is 2.31. The Balaban J connectivity index is 0.00000253. The number of pyridine rings is 1. The predicted molar refractivity (Wildman–Crippen MR) is 147 cm³/mol. The Bertz CT molecular complexity index is 1280. The highest BCUT2D eigenvalue weighted by Crippen LogP contribution is 2.35. The Morgan fingerprint density at radius 3 is 2.26 bits per heavy atom. The van der Waals surface area contributed by atoms with Crippen LogP contribution in [-0.2, 0) is 0 Å². The lowest BCUT2D eigenvalue weighted by atomic mass is 9.96. The number of piperidine rings is 1. The minimum Gasteiger partial charge on any atom is -0.368 e. The molecule has 0 unspecified atom stereocenters. The molecule has 38 heavy (non-hydrogen) atoms. The molecule has 12 heteroatoms. The molecule has 1 saturated heterocycles. The first-order valence-corrected chi connectivity index (χ1v) is 11.5. The molecule has 1 fully saturated rings. The Morgan fingerprint density at radius 2 is 1.66 bits per heavy atom. The van der Waals surface area contributed by atoms with E-state index in [0.29, 0.717) is 36.2 Å². The maximum absolute atomic E-state index is 15.4. The molecule has 3 N–H and O–H groups in total. The van der Waals surface area contributed by atoms with E-state index in [9.17, 15) is 18.0 Å². The molecule has 1 aromatic heterocycles. The molecule has 0 saturated carbocycles. The first kappa shape index (κ1) is 31.1. The molecule has 6 nitrogen and oxygen atoms in total. The first-order valence-electron chi connectivity index (χ1n) is 11.5. The van der Waals surface area contributed by atoms with Gasteiger partial charge in [0.15, 0.2) is 0 Å². The normalized spacial score (nSPS) is 16.8. The van der Waals surface area contributed by atoms with E-state index in [1.165, 1.54) is 6.20 Å². The number of carbonyl (C=O) groups is 1. The van der Waals surface area contributed by atoms with Gasteiger partial charge in [-0.25, -0.2) is 22.5 Å². The lowest BCUT2D eigenvalue weighted by molar-refractivity contribution is 0.102. The van der Waals surface area contributed by atoms with Gasteiger partial charge in [-0.3, -0.25) is 4.79 Å². The van der Waals surface area contributed by atoms with Crippen LogP contribution in [0.15, 0.2) is 42.6 Å². The number of nitrogens with one attached hydrogen (secondary N) is 1. The number of nitrogens with zero attached hydrogens (tertiary/aromatic N) is 3. The van der Waals surface area contributed by atoms with Crippen molar-refractivity contribution in [2.45, 2.75) is 19.4 Å². The van der Waals surface area contributed by atoms with Gasteiger partial charge in [0.2, 0.25) is 0 Å². The zero-order valence-corrected chi connectivity index (χ0v) is 22.6. The van der Waals surface area contributed by atoms with Gasteiger partial charge in [0.1, 0.15) is 29.1 Å². The van der Waals surface area contributed by atoms with Gasteiger partial charge >= 0.3 is 0 Å². The van der Waals surface area contributed by atoms with Gasteiger partial charge in [-0.2, -0.15) is 0 Å². The van der Waals surface area contributed by atoms with E-state index >= 15 is 4.39 Å². The van der Waals surface area contributed by atoms with Gasteiger partial charge in [-0.1, -0.05) is 13.0 Å². The van der Waals surface area contributed by atoms with Crippen LogP contribution < -0.4 is 20.9 Å². The monoisotopic (exact) mass is 573 g/mol. The topological polar surface area (TPSA) is 74.5 Å². The molecule has 4 rings (SSSR count). The summed E-state index contributed by atoms with van der Waals surface area (Å²) in [6, 6.07) is 6.32. The van der Waals surface area contributed by atoms with E-state index < -0.39 is 45.9 Å². The van der Waals surface area contributed by atoms with Crippen molar-refractivity contribution in [2.75, 3.05) is 42.3 Å². The van der Waals surface area contributed by atoms with Crippen molar-refractivity contribution in [3.8, 4) is 11.1 Å². The lowest BCUT2D eigenvalue weighted by Crippen LogP contribution is -2.46. The van der Waals surface area contributed by atoms with Gasteiger partial charge in [0.25, 0.3) is 5.91 Å². The Hall–Kier alpha value is -3.08. The van der Waals surface area contributed by atoms with Crippen molar-refractivity contribution in [3.63, 3.8) is 0 Å². The second kappa shape index (κ2) is 12.6. The smallest absolute Gasteiger partial charge is 0.258 e. The molecule has 206 valence electrons. The Labute approximate surface area is 231 Å². The molecule has 1 amide bonds. The van der Waals surface area contributed by atoms with Crippen LogP contribution in [0.25, 0.3) is 11.1 Å². The molecule has 0 radical (unpaired) electrons. The van der Waals surface area contributed by atoms with Crippen LogP contribution in [0.1, 0.15) is 23.7 Å². The highest BCUT2D eigenvalue weighted by atomic mass is 35.5. The predicted octanol–water partition coefficient (Wildman–Crippen LogP) is 5.64. The number of rotatable bonds is 5. The third kappa shape index (κ3) is 6.31. The van der Waals surface area contributed by atoms with E-state index in [4.69, 9.17) is 5.73 Å². The minimum atomic E-state index is -1.37. The van der Waals surface area contributed by atoms with Gasteiger partial charge in [-0.15, -0.1) is 24.8 Å². The maximum atomic E-state index is 15.4. The van der Waals surface area contributed by atoms with Crippen molar-refractivity contribution in [3.05, 3.63) is 71.4 Å². The molecular weight excluding hydrogens is 545 g/mol. The summed E-state index contributed by atoms with van der Waals surface area (Å²) in [5.41, 5.74) is 4.77. The van der Waals surface area contributed by atoms with Crippen molar-refractivity contribution in [1.82, 2.24) is 4.98 Å². The highest BCUT2D eigenvalue weighted by Gasteiger charge is 2.27. The third-order valence-electron chi connectivity index (χ3n) is 6.16. The molecule has 2 heterocycles. The summed E-state index contributed by atoms with van der Waals surface area (Å²) in [5, 5.41) is 2.64. The fourth-order valence-corrected chi connectivity index (χ4v) is 4.52. The molecule has 1 aliphatic heterocycles. The Morgan fingerprint density at radius 1 is 1.03 bits per heavy atom. The average Bonchev–Trinajstić information content (AvgIpc) is 2.80. The summed E-state index contributed by atoms with van der Waals surface area (Å²) in [6.45, 7) is 3.32. The first-order chi connectivity index (χ1) is 17.1. The van der Waals surface area contributed by atoms with Crippen LogP contribution in [-0.4, -0.2) is 44.1 Å². The fraction of sp³-hybridized carbons (Fsp3) is 0.308. The fourth-order valence-electron chi connectivity index (χ4n) is 4.52. The van der Waals surface area contributed by atoms with E-state index in [2.05, 4.69) is 17.2 Å². The number of aromatic nitrogens is 1. The van der Waals surface area contributed by atoms with Crippen LogP contribution in [0.3, 0.4) is 0 Å². The second-order valence-electron chi connectivity index (χ2n) is 9.29. The third-order valence-corrected chi connectivity index (χ3v) is 6.16. The number of hydrogen-bond acceptors (Lipinski definition) is 5. The van der Waals surface area contributed by atoms with E-state index in [0.717, 1.165) is 36.8 Å². The van der Waals surface area contributed by atoms with Crippen molar-refractivity contribution in [2.24, 2.45) is 11.7 Å². The van der Waals surface area contributed by atoms with Crippen LogP contribution >= 0.6 is 24.8 Å². The number of hydrogen-bond donors (Lipinski definition) is 2. The second-order valence-corrected chi connectivity index (χ2v) is 9.29. The minimum absolute atomic E-state index is 0. The van der Waals surface area contributed by atoms with Crippen LogP contribution in [0, 0.1) is 29.2 Å². The van der Waals surface area contributed by atoms with E-state index in [-0.39, 0.29) is 30.9 Å². The summed E-state index contributed by atoms with van der Waals surface area (Å²) < 4.78 is 58.5. The SMILES string of the molecule is C[C@@H]1C[C@H](N)CN(c2cc(N(C)C)ncc2NC(=O)c2ccc(F)c(-c3c(F)cccc3F)c2F)C1.Cl.Cl. The van der Waals surface area contributed by atoms with Crippen molar-refractivity contribution < 1.29 is 22.4 Å². The summed E-state index contributed by atoms with van der Waals surface area (Å²) in [4.78, 5) is 21.3. The molecular formula is C26H29Cl2F4N5O. The molecule has 2 aromatic carbocycles. The lowest BCUT2D eigenvalue weighted by Gasteiger charge is -2.37. The molecule has 2 atom stereocenters. The number of amides is 1. The standard InChI is InChI=1S/C26H27F4N5O.2ClH/c1-14-9-15(31)13-35(12-14)21-10-22(34(2)3)32-11-20(21)33-26(36)16-7-8-19(29)24(25(16)30)23-17(27)5-4-6-18(23)28;;/h4-8,10-11,14-15H,9,12-13,31H2,1-3H3,(H,33,36);2*1H/t14-,15+;;/m1../s1.